The molecule has 0 radical (unpaired) electrons. The molecule has 1 saturated heterocycles. The summed E-state index contributed by atoms with van der Waals surface area (Å²) < 4.78 is 46.0. The zero-order valence-electron chi connectivity index (χ0n) is 18.0. The minimum Gasteiger partial charge on any atom is -0.466 e. The van der Waals surface area contributed by atoms with E-state index in [-0.39, 0.29) is 36.4 Å². The Morgan fingerprint density at radius 1 is 1.23 bits per heavy atom. The van der Waals surface area contributed by atoms with Gasteiger partial charge in [0.1, 0.15) is 23.0 Å². The van der Waals surface area contributed by atoms with E-state index in [1.807, 2.05) is 27.7 Å². The number of hydrogen-bond donors (Lipinski definition) is 2. The van der Waals surface area contributed by atoms with Crippen LogP contribution in [-0.2, 0) is 23.6 Å². The Hall–Kier alpha value is -2.50. The van der Waals surface area contributed by atoms with Crippen molar-refractivity contribution in [3.05, 3.63) is 35.0 Å². The Morgan fingerprint density at radius 2 is 1.77 bits per heavy atom. The number of rotatable bonds is 6. The second-order valence-electron chi connectivity index (χ2n) is 8.37. The van der Waals surface area contributed by atoms with E-state index in [1.54, 1.807) is 0 Å². The van der Waals surface area contributed by atoms with Gasteiger partial charge in [0.15, 0.2) is 0 Å². The highest BCUT2D eigenvalue weighted by Gasteiger charge is 2.52. The lowest BCUT2D eigenvalue weighted by molar-refractivity contribution is -0.136. The molecule has 0 saturated carbocycles. The fourth-order valence-electron chi connectivity index (χ4n) is 3.30. The first kappa shape index (κ1) is 23.2. The van der Waals surface area contributed by atoms with Gasteiger partial charge in [-0.1, -0.05) is 0 Å². The number of carbonyl (C=O) groups is 2. The van der Waals surface area contributed by atoms with Crippen LogP contribution in [0.1, 0.15) is 27.7 Å². The van der Waals surface area contributed by atoms with Crippen molar-refractivity contribution in [1.82, 2.24) is 4.90 Å². The first-order valence-corrected chi connectivity index (χ1v) is 9.75. The maximum atomic E-state index is 14.9. The molecule has 1 aromatic rings. The SMILES string of the molecule is COC(=O)C1=C(Nc2c(F)cc(B3OC(C)(C)C(C)(C)O3)cc2F)C(=O)N(CCO)C1. The average Bonchev–Trinajstić information content (AvgIpc) is 3.10. The number of aliphatic hydroxyl groups is 1. The summed E-state index contributed by atoms with van der Waals surface area (Å²) in [6.45, 7) is 6.75. The summed E-state index contributed by atoms with van der Waals surface area (Å²) in [5.74, 6) is -3.47. The van der Waals surface area contributed by atoms with Gasteiger partial charge in [0.05, 0.1) is 37.0 Å². The van der Waals surface area contributed by atoms with Gasteiger partial charge >= 0.3 is 13.1 Å². The van der Waals surface area contributed by atoms with Gasteiger partial charge < -0.3 is 29.4 Å². The predicted molar refractivity (Wildman–Crippen MR) is 108 cm³/mol. The van der Waals surface area contributed by atoms with Crippen LogP contribution >= 0.6 is 0 Å². The fourth-order valence-corrected chi connectivity index (χ4v) is 3.30. The third kappa shape index (κ3) is 4.17. The minimum absolute atomic E-state index is 0.0453. The maximum Gasteiger partial charge on any atom is 0.495 e. The van der Waals surface area contributed by atoms with E-state index in [0.717, 1.165) is 19.2 Å². The summed E-state index contributed by atoms with van der Waals surface area (Å²) in [6.07, 6.45) is 0. The van der Waals surface area contributed by atoms with Crippen LogP contribution in [-0.4, -0.2) is 67.0 Å². The lowest BCUT2D eigenvalue weighted by Crippen LogP contribution is -2.41. The number of hydrogen-bond acceptors (Lipinski definition) is 7. The molecule has 168 valence electrons. The zero-order valence-corrected chi connectivity index (χ0v) is 18.0. The standard InChI is InChI=1S/C20H25BF2N2O6/c1-19(2)20(3,4)31-21(30-19)11-8-13(22)16(14(23)9-11)24-15-12(18(28)29-5)10-25(6-7-26)17(15)27/h8-9,24,26H,6-7,10H2,1-5H3. The topological polar surface area (TPSA) is 97.3 Å². The number of nitrogens with one attached hydrogen (secondary N) is 1. The van der Waals surface area contributed by atoms with Crippen LogP contribution in [0.4, 0.5) is 14.5 Å². The fraction of sp³-hybridized carbons (Fsp3) is 0.500. The number of anilines is 1. The van der Waals surface area contributed by atoms with Crippen molar-refractivity contribution in [3.63, 3.8) is 0 Å². The second kappa shape index (κ2) is 8.21. The number of β-amino-alcohol motifs (C(OH)–C–C–N with tert-alkyl or cyclic N) is 1. The number of nitrogens with zero attached hydrogens (tertiary/aromatic N) is 1. The Morgan fingerprint density at radius 3 is 2.26 bits per heavy atom. The zero-order chi connectivity index (χ0) is 23.1. The molecular weight excluding hydrogens is 413 g/mol. The van der Waals surface area contributed by atoms with Crippen molar-refractivity contribution in [3.8, 4) is 0 Å². The highest BCUT2D eigenvalue weighted by atomic mass is 19.1. The van der Waals surface area contributed by atoms with E-state index in [9.17, 15) is 18.4 Å². The summed E-state index contributed by atoms with van der Waals surface area (Å²) in [7, 11) is 0.160. The van der Waals surface area contributed by atoms with Gasteiger partial charge in [-0.2, -0.15) is 0 Å². The van der Waals surface area contributed by atoms with Gasteiger partial charge in [-0.15, -0.1) is 0 Å². The van der Waals surface area contributed by atoms with Crippen LogP contribution < -0.4 is 10.8 Å². The molecular formula is C20H25BF2N2O6. The molecule has 0 atom stereocenters. The summed E-state index contributed by atoms with van der Waals surface area (Å²) in [5.41, 5.74) is -2.23. The van der Waals surface area contributed by atoms with E-state index in [1.165, 1.54) is 4.90 Å². The monoisotopic (exact) mass is 438 g/mol. The Kier molecular flexibility index (Phi) is 6.14. The van der Waals surface area contributed by atoms with Crippen LogP contribution in [0.25, 0.3) is 0 Å². The van der Waals surface area contributed by atoms with E-state index in [4.69, 9.17) is 14.4 Å². The van der Waals surface area contributed by atoms with Crippen molar-refractivity contribution in [2.75, 3.05) is 32.1 Å². The van der Waals surface area contributed by atoms with Crippen LogP contribution in [0.3, 0.4) is 0 Å². The number of halogens is 2. The normalized spacial score (nSPS) is 19.9. The molecule has 1 aromatic carbocycles. The molecule has 8 nitrogen and oxygen atoms in total. The molecule has 2 N–H and O–H groups in total. The molecule has 2 heterocycles. The largest absolute Gasteiger partial charge is 0.495 e. The molecule has 11 heteroatoms. The smallest absolute Gasteiger partial charge is 0.466 e. The third-order valence-corrected chi connectivity index (χ3v) is 5.79. The first-order chi connectivity index (χ1) is 14.4. The average molecular weight is 438 g/mol. The van der Waals surface area contributed by atoms with Gasteiger partial charge in [0.2, 0.25) is 0 Å². The number of methoxy groups -OCH3 is 1. The molecule has 0 aliphatic carbocycles. The molecule has 1 amide bonds. The van der Waals surface area contributed by atoms with Crippen LogP contribution in [0.5, 0.6) is 0 Å². The van der Waals surface area contributed by atoms with Crippen LogP contribution in [0.15, 0.2) is 23.4 Å². The summed E-state index contributed by atoms with van der Waals surface area (Å²) in [6, 6.07) is 2.10. The van der Waals surface area contributed by atoms with E-state index in [2.05, 4.69) is 10.1 Å². The van der Waals surface area contributed by atoms with Gasteiger partial charge in [-0.05, 0) is 45.3 Å². The maximum absolute atomic E-state index is 14.9. The van der Waals surface area contributed by atoms with Crippen molar-refractivity contribution in [2.24, 2.45) is 0 Å². The lowest BCUT2D eigenvalue weighted by atomic mass is 9.79. The van der Waals surface area contributed by atoms with Crippen molar-refractivity contribution in [1.29, 1.82) is 0 Å². The number of ether oxygens (including phenoxy) is 1. The molecule has 0 spiro atoms. The molecule has 0 bridgehead atoms. The molecule has 1 fully saturated rings. The molecule has 0 unspecified atom stereocenters. The number of benzene rings is 1. The number of amides is 1. The van der Waals surface area contributed by atoms with Crippen molar-refractivity contribution >= 4 is 30.1 Å². The molecule has 31 heavy (non-hydrogen) atoms. The third-order valence-electron chi connectivity index (χ3n) is 5.79. The number of aliphatic hydroxyl groups excluding tert-OH is 1. The second-order valence-corrected chi connectivity index (χ2v) is 8.37. The van der Waals surface area contributed by atoms with Crippen LogP contribution in [0.2, 0.25) is 0 Å². The number of carbonyl (C=O) groups excluding carboxylic acids is 2. The summed E-state index contributed by atoms with van der Waals surface area (Å²) >= 11 is 0. The minimum atomic E-state index is -0.991. The summed E-state index contributed by atoms with van der Waals surface area (Å²) in [4.78, 5) is 25.8. The Labute approximate surface area is 179 Å². The molecule has 0 aromatic heterocycles. The molecule has 2 aliphatic rings. The molecule has 3 rings (SSSR count). The quantitative estimate of drug-likeness (QED) is 0.504. The van der Waals surface area contributed by atoms with E-state index in [0.29, 0.717) is 0 Å². The predicted octanol–water partition coefficient (Wildman–Crippen LogP) is 0.937. The van der Waals surface area contributed by atoms with Gasteiger partial charge in [-0.3, -0.25) is 4.79 Å². The Bertz CT molecular complexity index is 911. The molecule has 2 aliphatic heterocycles. The van der Waals surface area contributed by atoms with Crippen molar-refractivity contribution < 1.29 is 37.5 Å². The van der Waals surface area contributed by atoms with Gasteiger partial charge in [0, 0.05) is 6.54 Å². The first-order valence-electron chi connectivity index (χ1n) is 9.75. The highest BCUT2D eigenvalue weighted by molar-refractivity contribution is 6.62. The lowest BCUT2D eigenvalue weighted by Gasteiger charge is -2.32. The summed E-state index contributed by atoms with van der Waals surface area (Å²) in [5, 5.41) is 11.5. The highest BCUT2D eigenvalue weighted by Crippen LogP contribution is 2.37. The van der Waals surface area contributed by atoms with E-state index < -0.39 is 47.5 Å². The van der Waals surface area contributed by atoms with Crippen molar-refractivity contribution in [2.45, 2.75) is 38.9 Å². The Balaban J connectivity index is 1.92. The van der Waals surface area contributed by atoms with E-state index >= 15 is 0 Å². The van der Waals surface area contributed by atoms with Crippen LogP contribution in [0, 0.1) is 11.6 Å². The van der Waals surface area contributed by atoms with Gasteiger partial charge in [-0.25, -0.2) is 13.6 Å². The number of esters is 1. The van der Waals surface area contributed by atoms with Gasteiger partial charge in [0.25, 0.3) is 5.91 Å².